The van der Waals surface area contributed by atoms with Gasteiger partial charge in [-0.2, -0.15) is 0 Å². The Labute approximate surface area is 163 Å². The van der Waals surface area contributed by atoms with Crippen molar-refractivity contribution in [3.05, 3.63) is 0 Å². The highest BCUT2D eigenvalue weighted by Crippen LogP contribution is 2.14. The molecule has 1 atom stereocenters. The summed E-state index contributed by atoms with van der Waals surface area (Å²) in [6, 6.07) is 0.265. The van der Waals surface area contributed by atoms with Crippen molar-refractivity contribution in [2.75, 3.05) is 0 Å². The molecule has 0 saturated carbocycles. The molecule has 0 heterocycles. The van der Waals surface area contributed by atoms with Gasteiger partial charge in [-0.15, -0.1) is 0 Å². The molecule has 1 N–H and O–H groups in total. The van der Waals surface area contributed by atoms with Crippen molar-refractivity contribution in [2.24, 2.45) is 4.99 Å². The minimum Gasteiger partial charge on any atom is -0.481 e. The molecule has 0 aromatic carbocycles. The van der Waals surface area contributed by atoms with Crippen molar-refractivity contribution in [3.8, 4) is 0 Å². The van der Waals surface area contributed by atoms with Gasteiger partial charge < -0.3 is 5.11 Å². The third-order valence-electron chi connectivity index (χ3n) is 5.10. The van der Waals surface area contributed by atoms with Crippen LogP contribution < -0.4 is 0 Å². The smallest absolute Gasteiger partial charge is 0.308 e. The lowest BCUT2D eigenvalue weighted by atomic mass is 10.0. The first kappa shape index (κ1) is 25.1. The van der Waals surface area contributed by atoms with Gasteiger partial charge in [-0.25, -0.2) is 0 Å². The van der Waals surface area contributed by atoms with Crippen molar-refractivity contribution >= 4 is 12.2 Å². The van der Waals surface area contributed by atoms with E-state index < -0.39 is 5.97 Å². The molecule has 0 aliphatic carbocycles. The van der Waals surface area contributed by atoms with Crippen LogP contribution in [0.5, 0.6) is 0 Å². The molecule has 0 aliphatic heterocycles. The molecular formula is C23H45NO2. The zero-order chi connectivity index (χ0) is 19.3. The summed E-state index contributed by atoms with van der Waals surface area (Å²) >= 11 is 0. The van der Waals surface area contributed by atoms with Crippen LogP contribution in [0.25, 0.3) is 0 Å². The average molecular weight is 368 g/mol. The van der Waals surface area contributed by atoms with Crippen LogP contribution in [-0.2, 0) is 4.79 Å². The highest BCUT2D eigenvalue weighted by molar-refractivity contribution is 5.84. The second-order valence-electron chi connectivity index (χ2n) is 7.87. The van der Waals surface area contributed by atoms with Crippen LogP contribution in [0.1, 0.15) is 129 Å². The van der Waals surface area contributed by atoms with Crippen LogP contribution in [0.3, 0.4) is 0 Å². The summed E-state index contributed by atoms with van der Waals surface area (Å²) in [5, 5.41) is 8.56. The van der Waals surface area contributed by atoms with Crippen LogP contribution in [0.2, 0.25) is 0 Å². The zero-order valence-corrected chi connectivity index (χ0v) is 17.7. The molecule has 0 aromatic rings. The Kier molecular flexibility index (Phi) is 19.8. The maximum atomic E-state index is 10.4. The third kappa shape index (κ3) is 21.2. The molecule has 0 fully saturated rings. The van der Waals surface area contributed by atoms with Crippen LogP contribution in [0, 0.1) is 0 Å². The van der Waals surface area contributed by atoms with E-state index in [0.29, 0.717) is 0 Å². The number of hydrogen-bond donors (Lipinski definition) is 1. The fourth-order valence-electron chi connectivity index (χ4n) is 3.37. The number of aliphatic imine (C=N–C) groups is 1. The van der Waals surface area contributed by atoms with Gasteiger partial charge in [-0.3, -0.25) is 9.79 Å². The molecule has 0 saturated heterocycles. The van der Waals surface area contributed by atoms with Gasteiger partial charge in [0, 0.05) is 12.3 Å². The van der Waals surface area contributed by atoms with Gasteiger partial charge in [0.1, 0.15) is 0 Å². The van der Waals surface area contributed by atoms with Gasteiger partial charge in [-0.05, 0) is 13.3 Å². The molecule has 154 valence electrons. The first-order valence-electron chi connectivity index (χ1n) is 11.4. The summed E-state index contributed by atoms with van der Waals surface area (Å²) in [5.41, 5.74) is 0. The van der Waals surface area contributed by atoms with Crippen molar-refractivity contribution in [1.29, 1.82) is 0 Å². The van der Waals surface area contributed by atoms with Gasteiger partial charge in [0.05, 0.1) is 6.42 Å². The molecule has 0 amide bonds. The predicted octanol–water partition coefficient (Wildman–Crippen LogP) is 7.57. The van der Waals surface area contributed by atoms with E-state index in [1.807, 2.05) is 0 Å². The summed E-state index contributed by atoms with van der Waals surface area (Å²) in [6.45, 7) is 4.35. The molecule has 0 aromatic heterocycles. The van der Waals surface area contributed by atoms with E-state index in [-0.39, 0.29) is 12.5 Å². The average Bonchev–Trinajstić information content (AvgIpc) is 2.61. The first-order valence-corrected chi connectivity index (χ1v) is 11.4. The summed E-state index contributed by atoms with van der Waals surface area (Å²) in [5.74, 6) is -0.802. The fraction of sp³-hybridized carbons (Fsp3) is 0.913. The number of nitrogens with zero attached hydrogens (tertiary/aromatic N) is 1. The molecule has 0 radical (unpaired) electrons. The van der Waals surface area contributed by atoms with Crippen LogP contribution >= 0.6 is 0 Å². The van der Waals surface area contributed by atoms with Crippen LogP contribution in [0.15, 0.2) is 4.99 Å². The Hall–Kier alpha value is -0.860. The Balaban J connectivity index is 3.15. The number of unbranched alkanes of at least 4 members (excludes halogenated alkanes) is 15. The first-order chi connectivity index (χ1) is 12.7. The van der Waals surface area contributed by atoms with E-state index in [0.717, 1.165) is 6.42 Å². The van der Waals surface area contributed by atoms with Crippen molar-refractivity contribution in [1.82, 2.24) is 0 Å². The number of carbonyl (C=O) groups is 1. The maximum Gasteiger partial charge on any atom is 0.308 e. The van der Waals surface area contributed by atoms with E-state index in [9.17, 15) is 4.79 Å². The van der Waals surface area contributed by atoms with E-state index in [1.165, 1.54) is 103 Å². The lowest BCUT2D eigenvalue weighted by molar-refractivity contribution is -0.135. The SMILES string of the molecule is CCCCCCCCCCCCCCCCCCC(C)N=CCC(=O)O. The number of rotatable bonds is 20. The van der Waals surface area contributed by atoms with E-state index in [1.54, 1.807) is 6.21 Å². The van der Waals surface area contributed by atoms with Gasteiger partial charge in [-0.1, -0.05) is 110 Å². The molecule has 0 aliphatic rings. The number of carboxylic acid groups (broad SMARTS) is 1. The molecule has 3 nitrogen and oxygen atoms in total. The Morgan fingerprint density at radius 1 is 0.769 bits per heavy atom. The Morgan fingerprint density at radius 3 is 1.54 bits per heavy atom. The fourth-order valence-corrected chi connectivity index (χ4v) is 3.37. The Bertz CT molecular complexity index is 328. The predicted molar refractivity (Wildman–Crippen MR) is 114 cm³/mol. The molecular weight excluding hydrogens is 322 g/mol. The van der Waals surface area contributed by atoms with E-state index in [2.05, 4.69) is 18.8 Å². The zero-order valence-electron chi connectivity index (χ0n) is 17.7. The van der Waals surface area contributed by atoms with Crippen molar-refractivity contribution < 1.29 is 9.90 Å². The summed E-state index contributed by atoms with van der Waals surface area (Å²) < 4.78 is 0. The maximum absolute atomic E-state index is 10.4. The molecule has 1 unspecified atom stereocenters. The minimum absolute atomic E-state index is 0.0449. The van der Waals surface area contributed by atoms with Crippen molar-refractivity contribution in [2.45, 2.75) is 135 Å². The van der Waals surface area contributed by atoms with Gasteiger partial charge >= 0.3 is 5.97 Å². The molecule has 0 rings (SSSR count). The number of hydrogen-bond acceptors (Lipinski definition) is 2. The summed E-state index contributed by atoms with van der Waals surface area (Å²) in [4.78, 5) is 14.7. The number of aliphatic carboxylic acids is 1. The molecule has 0 bridgehead atoms. The van der Waals surface area contributed by atoms with Crippen molar-refractivity contribution in [3.63, 3.8) is 0 Å². The molecule has 0 spiro atoms. The van der Waals surface area contributed by atoms with Gasteiger partial charge in [0.25, 0.3) is 0 Å². The normalized spacial score (nSPS) is 12.7. The highest BCUT2D eigenvalue weighted by atomic mass is 16.4. The molecule has 26 heavy (non-hydrogen) atoms. The minimum atomic E-state index is -0.802. The van der Waals surface area contributed by atoms with Crippen LogP contribution in [-0.4, -0.2) is 23.3 Å². The Morgan fingerprint density at radius 2 is 1.15 bits per heavy atom. The summed E-state index contributed by atoms with van der Waals surface area (Å²) in [6.07, 6.45) is 25.0. The number of carboxylic acids is 1. The lowest BCUT2D eigenvalue weighted by Gasteiger charge is -2.06. The second-order valence-corrected chi connectivity index (χ2v) is 7.87. The lowest BCUT2D eigenvalue weighted by Crippen LogP contribution is -2.01. The van der Waals surface area contributed by atoms with E-state index >= 15 is 0 Å². The second kappa shape index (κ2) is 20.5. The van der Waals surface area contributed by atoms with Gasteiger partial charge in [0.15, 0.2) is 0 Å². The highest BCUT2D eigenvalue weighted by Gasteiger charge is 1.99. The summed E-state index contributed by atoms with van der Waals surface area (Å²) in [7, 11) is 0. The van der Waals surface area contributed by atoms with Gasteiger partial charge in [0.2, 0.25) is 0 Å². The van der Waals surface area contributed by atoms with E-state index in [4.69, 9.17) is 5.11 Å². The third-order valence-corrected chi connectivity index (χ3v) is 5.10. The standard InChI is InChI=1S/C23H45NO2/c1-3-4-5-6-7-8-9-10-11-12-13-14-15-16-17-18-19-22(2)24-21-20-23(25)26/h21-22H,3-20H2,1-2H3,(H,25,26). The monoisotopic (exact) mass is 367 g/mol. The van der Waals surface area contributed by atoms with Crippen LogP contribution in [0.4, 0.5) is 0 Å². The molecule has 3 heteroatoms. The topological polar surface area (TPSA) is 49.7 Å². The quantitative estimate of drug-likeness (QED) is 0.178. The largest absolute Gasteiger partial charge is 0.481 e.